The van der Waals surface area contributed by atoms with Crippen LogP contribution in [0.1, 0.15) is 67.9 Å². The molecule has 1 fully saturated rings. The Morgan fingerprint density at radius 1 is 0.933 bits per heavy atom. The highest BCUT2D eigenvalue weighted by Crippen LogP contribution is 2.36. The van der Waals surface area contributed by atoms with Crippen molar-refractivity contribution in [1.82, 2.24) is 0 Å². The fourth-order valence-corrected chi connectivity index (χ4v) is 3.10. The summed E-state index contributed by atoms with van der Waals surface area (Å²) >= 11 is 0. The molecule has 3 rings (SSSR count). The lowest BCUT2D eigenvalue weighted by molar-refractivity contribution is 0.357. The molecule has 1 aromatic rings. The molecule has 0 saturated heterocycles. The Labute approximate surface area is 91.9 Å². The maximum Gasteiger partial charge on any atom is 0.107 e. The number of furan rings is 1. The van der Waals surface area contributed by atoms with Crippen LogP contribution in [0.25, 0.3) is 0 Å². The van der Waals surface area contributed by atoms with E-state index in [0.717, 1.165) is 5.92 Å². The second-order valence-corrected chi connectivity index (χ2v) is 5.14. The van der Waals surface area contributed by atoms with E-state index in [1.54, 1.807) is 0 Å². The average molecular weight is 204 g/mol. The first-order valence-electron chi connectivity index (χ1n) is 6.55. The summed E-state index contributed by atoms with van der Waals surface area (Å²) in [4.78, 5) is 0. The maximum atomic E-state index is 6.05. The summed E-state index contributed by atoms with van der Waals surface area (Å²) in [6.07, 6.45) is 12.1. The van der Waals surface area contributed by atoms with Crippen LogP contribution in [0.2, 0.25) is 0 Å². The third kappa shape index (κ3) is 1.84. The summed E-state index contributed by atoms with van der Waals surface area (Å²) in [6, 6.07) is 2.37. The molecule has 1 heteroatoms. The third-order valence-electron chi connectivity index (χ3n) is 4.02. The molecule has 0 atom stereocenters. The van der Waals surface area contributed by atoms with Crippen molar-refractivity contribution in [2.24, 2.45) is 0 Å². The van der Waals surface area contributed by atoms with Crippen molar-refractivity contribution < 1.29 is 4.42 Å². The van der Waals surface area contributed by atoms with Gasteiger partial charge in [-0.3, -0.25) is 0 Å². The molecule has 2 aliphatic rings. The quantitative estimate of drug-likeness (QED) is 0.668. The second kappa shape index (κ2) is 4.03. The summed E-state index contributed by atoms with van der Waals surface area (Å²) in [5, 5.41) is 0. The van der Waals surface area contributed by atoms with Gasteiger partial charge in [-0.05, 0) is 43.7 Å². The van der Waals surface area contributed by atoms with Gasteiger partial charge in [-0.2, -0.15) is 0 Å². The van der Waals surface area contributed by atoms with Gasteiger partial charge in [0.15, 0.2) is 0 Å². The van der Waals surface area contributed by atoms with Crippen LogP contribution in [0.4, 0.5) is 0 Å². The zero-order chi connectivity index (χ0) is 10.1. The standard InChI is InChI=1S/C14H20O/c1-2-6-11(7-3-1)14-10-12-8-4-5-9-13(12)15-14/h10-11H,1-9H2. The molecular weight excluding hydrogens is 184 g/mol. The van der Waals surface area contributed by atoms with Crippen molar-refractivity contribution in [3.8, 4) is 0 Å². The molecule has 0 spiro atoms. The monoisotopic (exact) mass is 204 g/mol. The van der Waals surface area contributed by atoms with Crippen molar-refractivity contribution in [3.05, 3.63) is 23.2 Å². The SMILES string of the molecule is c1c(C2CCCCC2)oc2c1CCCC2. The van der Waals surface area contributed by atoms with Gasteiger partial charge in [0.05, 0.1) is 0 Å². The van der Waals surface area contributed by atoms with Crippen molar-refractivity contribution in [1.29, 1.82) is 0 Å². The Kier molecular flexibility index (Phi) is 2.56. The lowest BCUT2D eigenvalue weighted by atomic mass is 9.87. The Balaban J connectivity index is 1.82. The minimum Gasteiger partial charge on any atom is -0.466 e. The Morgan fingerprint density at radius 3 is 2.53 bits per heavy atom. The first-order valence-corrected chi connectivity index (χ1v) is 6.55. The molecule has 0 bridgehead atoms. The van der Waals surface area contributed by atoms with Gasteiger partial charge in [0.2, 0.25) is 0 Å². The smallest absolute Gasteiger partial charge is 0.107 e. The minimum absolute atomic E-state index is 0.740. The molecule has 0 N–H and O–H groups in total. The summed E-state index contributed by atoms with van der Waals surface area (Å²) in [5.74, 6) is 3.35. The Hall–Kier alpha value is -0.720. The number of fused-ring (bicyclic) bond motifs is 1. The van der Waals surface area contributed by atoms with Gasteiger partial charge in [0.25, 0.3) is 0 Å². The highest BCUT2D eigenvalue weighted by Gasteiger charge is 2.22. The minimum atomic E-state index is 0.740. The van der Waals surface area contributed by atoms with Crippen molar-refractivity contribution >= 4 is 0 Å². The van der Waals surface area contributed by atoms with Crippen LogP contribution >= 0.6 is 0 Å². The molecular formula is C14H20O. The molecule has 15 heavy (non-hydrogen) atoms. The highest BCUT2D eigenvalue weighted by molar-refractivity contribution is 5.26. The van der Waals surface area contributed by atoms with E-state index in [2.05, 4.69) is 6.07 Å². The molecule has 82 valence electrons. The van der Waals surface area contributed by atoms with Crippen molar-refractivity contribution in [2.75, 3.05) is 0 Å². The van der Waals surface area contributed by atoms with E-state index in [9.17, 15) is 0 Å². The van der Waals surface area contributed by atoms with Gasteiger partial charge in [-0.25, -0.2) is 0 Å². The van der Waals surface area contributed by atoms with Gasteiger partial charge >= 0.3 is 0 Å². The van der Waals surface area contributed by atoms with Gasteiger partial charge in [0.1, 0.15) is 11.5 Å². The van der Waals surface area contributed by atoms with Crippen molar-refractivity contribution in [3.63, 3.8) is 0 Å². The molecule has 1 heterocycles. The predicted octanol–water partition coefficient (Wildman–Crippen LogP) is 4.21. The predicted molar refractivity (Wildman–Crippen MR) is 61.2 cm³/mol. The van der Waals surface area contributed by atoms with E-state index in [1.165, 1.54) is 74.9 Å². The second-order valence-electron chi connectivity index (χ2n) is 5.14. The molecule has 1 aromatic heterocycles. The van der Waals surface area contributed by atoms with Crippen LogP contribution in [-0.4, -0.2) is 0 Å². The lowest BCUT2D eigenvalue weighted by Gasteiger charge is -2.19. The van der Waals surface area contributed by atoms with Gasteiger partial charge in [0, 0.05) is 12.3 Å². The summed E-state index contributed by atoms with van der Waals surface area (Å²) in [5.41, 5.74) is 1.52. The fraction of sp³-hybridized carbons (Fsp3) is 0.714. The average Bonchev–Trinajstić information content (AvgIpc) is 2.74. The summed E-state index contributed by atoms with van der Waals surface area (Å²) < 4.78 is 6.05. The van der Waals surface area contributed by atoms with Crippen LogP contribution in [0.5, 0.6) is 0 Å². The van der Waals surface area contributed by atoms with E-state index in [0.29, 0.717) is 0 Å². The van der Waals surface area contributed by atoms with Crippen LogP contribution in [0.15, 0.2) is 10.5 Å². The zero-order valence-electron chi connectivity index (χ0n) is 9.43. The first-order chi connectivity index (χ1) is 7.43. The highest BCUT2D eigenvalue weighted by atomic mass is 16.3. The van der Waals surface area contributed by atoms with E-state index in [-0.39, 0.29) is 0 Å². The summed E-state index contributed by atoms with van der Waals surface area (Å²) in [6.45, 7) is 0. The van der Waals surface area contributed by atoms with Gasteiger partial charge in [-0.15, -0.1) is 0 Å². The molecule has 0 amide bonds. The molecule has 0 aliphatic heterocycles. The van der Waals surface area contributed by atoms with Crippen LogP contribution in [0.3, 0.4) is 0 Å². The number of hydrogen-bond acceptors (Lipinski definition) is 1. The van der Waals surface area contributed by atoms with Gasteiger partial charge in [-0.1, -0.05) is 19.3 Å². The third-order valence-corrected chi connectivity index (χ3v) is 4.02. The van der Waals surface area contributed by atoms with Crippen LogP contribution in [-0.2, 0) is 12.8 Å². The van der Waals surface area contributed by atoms with Crippen LogP contribution in [0, 0.1) is 0 Å². The molecule has 1 nitrogen and oxygen atoms in total. The first kappa shape index (κ1) is 9.50. The number of aryl methyl sites for hydroxylation is 2. The number of hydrogen-bond donors (Lipinski definition) is 0. The zero-order valence-corrected chi connectivity index (χ0v) is 9.43. The Morgan fingerprint density at radius 2 is 1.73 bits per heavy atom. The largest absolute Gasteiger partial charge is 0.466 e. The lowest BCUT2D eigenvalue weighted by Crippen LogP contribution is -2.02. The van der Waals surface area contributed by atoms with E-state index in [1.807, 2.05) is 0 Å². The molecule has 0 radical (unpaired) electrons. The van der Waals surface area contributed by atoms with Crippen LogP contribution < -0.4 is 0 Å². The normalized spacial score (nSPS) is 22.7. The maximum absolute atomic E-state index is 6.05. The molecule has 0 aromatic carbocycles. The Bertz CT molecular complexity index is 308. The van der Waals surface area contributed by atoms with E-state index in [4.69, 9.17) is 4.42 Å². The number of rotatable bonds is 1. The van der Waals surface area contributed by atoms with E-state index >= 15 is 0 Å². The van der Waals surface area contributed by atoms with E-state index < -0.39 is 0 Å². The van der Waals surface area contributed by atoms with Crippen molar-refractivity contribution in [2.45, 2.75) is 63.7 Å². The molecule has 2 aliphatic carbocycles. The molecule has 1 saturated carbocycles. The fourth-order valence-electron chi connectivity index (χ4n) is 3.10. The molecule has 0 unspecified atom stereocenters. The topological polar surface area (TPSA) is 13.1 Å². The van der Waals surface area contributed by atoms with Gasteiger partial charge < -0.3 is 4.42 Å². The summed E-state index contributed by atoms with van der Waals surface area (Å²) in [7, 11) is 0.